The number of alkyl halides is 3. The number of nitrogens with one attached hydrogen (secondary N) is 1. The average molecular weight is 339 g/mol. The molecule has 1 aliphatic rings. The number of ether oxygens (including phenoxy) is 1. The highest BCUT2D eigenvalue weighted by Gasteiger charge is 2.34. The van der Waals surface area contributed by atoms with Gasteiger partial charge in [0.2, 0.25) is 5.91 Å². The first-order valence-electron chi connectivity index (χ1n) is 7.23. The normalized spacial score (nSPS) is 16.9. The SMILES string of the molecule is O=C(Nc1ccc(F)c(C(F)(F)F)c1)C1COc2ccccc2C1. The van der Waals surface area contributed by atoms with E-state index in [9.17, 15) is 22.4 Å². The Morgan fingerprint density at radius 2 is 1.92 bits per heavy atom. The largest absolute Gasteiger partial charge is 0.492 e. The van der Waals surface area contributed by atoms with E-state index in [0.29, 0.717) is 24.3 Å². The number of hydrogen-bond acceptors (Lipinski definition) is 2. The molecule has 1 aliphatic heterocycles. The van der Waals surface area contributed by atoms with Crippen molar-refractivity contribution in [2.75, 3.05) is 11.9 Å². The van der Waals surface area contributed by atoms with E-state index in [0.717, 1.165) is 11.6 Å². The molecule has 1 heterocycles. The molecule has 0 radical (unpaired) electrons. The molecule has 0 saturated carbocycles. The van der Waals surface area contributed by atoms with Crippen LogP contribution in [-0.4, -0.2) is 12.5 Å². The van der Waals surface area contributed by atoms with E-state index in [4.69, 9.17) is 4.74 Å². The maximum atomic E-state index is 13.3. The Balaban J connectivity index is 1.74. The van der Waals surface area contributed by atoms with E-state index in [1.54, 1.807) is 6.07 Å². The fourth-order valence-corrected chi connectivity index (χ4v) is 2.56. The van der Waals surface area contributed by atoms with Gasteiger partial charge in [-0.15, -0.1) is 0 Å². The third-order valence-corrected chi connectivity index (χ3v) is 3.79. The van der Waals surface area contributed by atoms with Gasteiger partial charge in [-0.1, -0.05) is 18.2 Å². The molecule has 1 unspecified atom stereocenters. The van der Waals surface area contributed by atoms with Crippen LogP contribution in [0.3, 0.4) is 0 Å². The summed E-state index contributed by atoms with van der Waals surface area (Å²) in [4.78, 5) is 12.3. The van der Waals surface area contributed by atoms with Crippen molar-refractivity contribution in [2.24, 2.45) is 5.92 Å². The molecule has 1 atom stereocenters. The number of fused-ring (bicyclic) bond motifs is 1. The van der Waals surface area contributed by atoms with Crippen molar-refractivity contribution < 1.29 is 27.1 Å². The van der Waals surface area contributed by atoms with Gasteiger partial charge in [0.15, 0.2) is 0 Å². The summed E-state index contributed by atoms with van der Waals surface area (Å²) in [6.45, 7) is 0.135. The highest BCUT2D eigenvalue weighted by Crippen LogP contribution is 2.33. The summed E-state index contributed by atoms with van der Waals surface area (Å²) in [6.07, 6.45) is -4.40. The van der Waals surface area contributed by atoms with Crippen molar-refractivity contribution >= 4 is 11.6 Å². The van der Waals surface area contributed by atoms with Crippen LogP contribution in [0.1, 0.15) is 11.1 Å². The van der Waals surface area contributed by atoms with Crippen molar-refractivity contribution in [3.63, 3.8) is 0 Å². The van der Waals surface area contributed by atoms with Gasteiger partial charge in [-0.2, -0.15) is 13.2 Å². The van der Waals surface area contributed by atoms with Crippen LogP contribution in [0.4, 0.5) is 23.2 Å². The number of amides is 1. The molecule has 1 amide bonds. The maximum Gasteiger partial charge on any atom is 0.419 e. The Hall–Kier alpha value is -2.57. The molecule has 3 rings (SSSR count). The number of anilines is 1. The number of rotatable bonds is 2. The van der Waals surface area contributed by atoms with Gasteiger partial charge < -0.3 is 10.1 Å². The van der Waals surface area contributed by atoms with E-state index in [-0.39, 0.29) is 12.3 Å². The standard InChI is InChI=1S/C17H13F4NO2/c18-14-6-5-12(8-13(14)17(19,20)21)22-16(23)11-7-10-3-1-2-4-15(10)24-9-11/h1-6,8,11H,7,9H2,(H,22,23). The molecule has 2 aromatic rings. The third-order valence-electron chi connectivity index (χ3n) is 3.79. The van der Waals surface area contributed by atoms with Crippen LogP contribution in [0.15, 0.2) is 42.5 Å². The summed E-state index contributed by atoms with van der Waals surface area (Å²) in [6, 6.07) is 9.62. The maximum absolute atomic E-state index is 13.3. The summed E-state index contributed by atoms with van der Waals surface area (Å²) < 4.78 is 56.9. The van der Waals surface area contributed by atoms with E-state index in [1.807, 2.05) is 18.2 Å². The summed E-state index contributed by atoms with van der Waals surface area (Å²) in [5.74, 6) is -1.68. The molecule has 2 aromatic carbocycles. The lowest BCUT2D eigenvalue weighted by molar-refractivity contribution is -0.140. The molecule has 0 aliphatic carbocycles. The first-order chi connectivity index (χ1) is 11.3. The Bertz CT molecular complexity index is 773. The predicted octanol–water partition coefficient (Wildman–Crippen LogP) is 4.03. The molecular weight excluding hydrogens is 326 g/mol. The summed E-state index contributed by atoms with van der Waals surface area (Å²) >= 11 is 0. The number of carbonyl (C=O) groups is 1. The van der Waals surface area contributed by atoms with Gasteiger partial charge in [-0.3, -0.25) is 4.79 Å². The molecule has 7 heteroatoms. The van der Waals surface area contributed by atoms with Gasteiger partial charge in [0, 0.05) is 5.69 Å². The van der Waals surface area contributed by atoms with Gasteiger partial charge in [0.05, 0.1) is 11.5 Å². The lowest BCUT2D eigenvalue weighted by Crippen LogP contribution is -2.32. The van der Waals surface area contributed by atoms with Crippen LogP contribution in [0.2, 0.25) is 0 Å². The number of hydrogen-bond donors (Lipinski definition) is 1. The highest BCUT2D eigenvalue weighted by atomic mass is 19.4. The summed E-state index contributed by atoms with van der Waals surface area (Å²) in [5.41, 5.74) is -0.655. The molecule has 1 N–H and O–H groups in total. The van der Waals surface area contributed by atoms with Crippen LogP contribution in [0, 0.1) is 11.7 Å². The highest BCUT2D eigenvalue weighted by molar-refractivity contribution is 5.93. The smallest absolute Gasteiger partial charge is 0.419 e. The zero-order chi connectivity index (χ0) is 17.3. The van der Waals surface area contributed by atoms with Gasteiger partial charge in [0.1, 0.15) is 18.2 Å². The lowest BCUT2D eigenvalue weighted by atomic mass is 9.96. The molecule has 0 spiro atoms. The number of halogens is 4. The molecule has 24 heavy (non-hydrogen) atoms. The van der Waals surface area contributed by atoms with Gasteiger partial charge in [-0.05, 0) is 36.2 Å². The Morgan fingerprint density at radius 3 is 2.67 bits per heavy atom. The summed E-state index contributed by atoms with van der Waals surface area (Å²) in [7, 11) is 0. The molecule has 126 valence electrons. The van der Waals surface area contributed by atoms with Crippen molar-refractivity contribution in [3.05, 3.63) is 59.4 Å². The van der Waals surface area contributed by atoms with Crippen LogP contribution in [0.25, 0.3) is 0 Å². The fourth-order valence-electron chi connectivity index (χ4n) is 2.56. The van der Waals surface area contributed by atoms with Crippen molar-refractivity contribution in [1.29, 1.82) is 0 Å². The molecule has 0 bridgehead atoms. The molecule has 0 saturated heterocycles. The second kappa shape index (κ2) is 6.14. The quantitative estimate of drug-likeness (QED) is 0.839. The predicted molar refractivity (Wildman–Crippen MR) is 79.2 cm³/mol. The minimum absolute atomic E-state index is 0.104. The van der Waals surface area contributed by atoms with E-state index >= 15 is 0 Å². The first-order valence-corrected chi connectivity index (χ1v) is 7.23. The Kier molecular flexibility index (Phi) is 4.17. The van der Waals surface area contributed by atoms with Crippen molar-refractivity contribution in [1.82, 2.24) is 0 Å². The third kappa shape index (κ3) is 3.34. The second-order valence-electron chi connectivity index (χ2n) is 5.50. The topological polar surface area (TPSA) is 38.3 Å². The second-order valence-corrected chi connectivity index (χ2v) is 5.50. The van der Waals surface area contributed by atoms with Gasteiger partial charge >= 0.3 is 6.18 Å². The minimum atomic E-state index is -4.82. The van der Waals surface area contributed by atoms with Crippen LogP contribution in [0.5, 0.6) is 5.75 Å². The minimum Gasteiger partial charge on any atom is -0.492 e. The summed E-state index contributed by atoms with van der Waals surface area (Å²) in [5, 5.41) is 2.40. The number of carbonyl (C=O) groups excluding carboxylic acids is 1. The van der Waals surface area contributed by atoms with Crippen molar-refractivity contribution in [3.8, 4) is 5.75 Å². The van der Waals surface area contributed by atoms with E-state index in [1.165, 1.54) is 0 Å². The molecule has 0 fully saturated rings. The zero-order valence-corrected chi connectivity index (χ0v) is 12.4. The van der Waals surface area contributed by atoms with E-state index in [2.05, 4.69) is 5.32 Å². The Morgan fingerprint density at radius 1 is 1.17 bits per heavy atom. The fraction of sp³-hybridized carbons (Fsp3) is 0.235. The lowest BCUT2D eigenvalue weighted by Gasteiger charge is -2.24. The van der Waals surface area contributed by atoms with Gasteiger partial charge in [0.25, 0.3) is 0 Å². The Labute approximate surface area is 135 Å². The van der Waals surface area contributed by atoms with Crippen LogP contribution >= 0.6 is 0 Å². The van der Waals surface area contributed by atoms with Crippen LogP contribution in [-0.2, 0) is 17.4 Å². The van der Waals surface area contributed by atoms with Crippen molar-refractivity contribution in [2.45, 2.75) is 12.6 Å². The van der Waals surface area contributed by atoms with Crippen LogP contribution < -0.4 is 10.1 Å². The molecular formula is C17H13F4NO2. The average Bonchev–Trinajstić information content (AvgIpc) is 2.55. The van der Waals surface area contributed by atoms with Gasteiger partial charge in [-0.25, -0.2) is 4.39 Å². The molecule has 3 nitrogen and oxygen atoms in total. The molecule has 0 aromatic heterocycles. The van der Waals surface area contributed by atoms with E-state index < -0.39 is 29.4 Å². The monoisotopic (exact) mass is 339 g/mol. The number of para-hydroxylation sites is 1. The number of benzene rings is 2. The zero-order valence-electron chi connectivity index (χ0n) is 12.4. The first kappa shape index (κ1) is 16.3.